The maximum absolute atomic E-state index is 12.7. The van der Waals surface area contributed by atoms with Crippen LogP contribution in [0.2, 0.25) is 5.02 Å². The minimum absolute atomic E-state index is 0.0177. The van der Waals surface area contributed by atoms with Crippen LogP contribution in [0.5, 0.6) is 0 Å². The number of ether oxygens (including phenoxy) is 1. The van der Waals surface area contributed by atoms with Crippen molar-refractivity contribution in [3.8, 4) is 0 Å². The monoisotopic (exact) mass is 329 g/mol. The summed E-state index contributed by atoms with van der Waals surface area (Å²) in [5, 5.41) is 0.471. The fourth-order valence-electron chi connectivity index (χ4n) is 2.93. The zero-order valence-electron chi connectivity index (χ0n) is 11.8. The van der Waals surface area contributed by atoms with Gasteiger partial charge in [-0.15, -0.1) is 0 Å². The number of hydrogen-bond acceptors (Lipinski definition) is 3. The molecular weight excluding hydrogens is 313 g/mol. The second kappa shape index (κ2) is 6.67. The quantitative estimate of drug-likeness (QED) is 0.789. The lowest BCUT2D eigenvalue weighted by molar-refractivity contribution is -0.133. The van der Waals surface area contributed by atoms with Gasteiger partial charge < -0.3 is 4.74 Å². The average Bonchev–Trinajstić information content (AvgIpc) is 2.48. The second-order valence-corrected chi connectivity index (χ2v) is 5.67. The van der Waals surface area contributed by atoms with Gasteiger partial charge in [0, 0.05) is 24.1 Å². The molecule has 0 bridgehead atoms. The summed E-state index contributed by atoms with van der Waals surface area (Å²) in [6.07, 6.45) is 1.99. The van der Waals surface area contributed by atoms with E-state index in [-0.39, 0.29) is 11.8 Å². The van der Waals surface area contributed by atoms with Crippen molar-refractivity contribution < 1.29 is 14.3 Å². The van der Waals surface area contributed by atoms with E-state index in [0.717, 1.165) is 12.8 Å². The van der Waals surface area contributed by atoms with Crippen molar-refractivity contribution in [2.45, 2.75) is 31.2 Å². The number of alkyl halides is 1. The number of Topliss-reactive ketones (excluding diaryl/α,β-unsaturated/α-hetero) is 1. The van der Waals surface area contributed by atoms with Gasteiger partial charge in [0.2, 0.25) is 0 Å². The van der Waals surface area contributed by atoms with E-state index in [0.29, 0.717) is 23.4 Å². The first-order valence-electron chi connectivity index (χ1n) is 6.79. The summed E-state index contributed by atoms with van der Waals surface area (Å²) in [7, 11) is 1.56. The molecule has 1 amide bonds. The molecule has 1 aromatic rings. The number of carbonyl (C=O) groups is 2. The van der Waals surface area contributed by atoms with Gasteiger partial charge in [0.1, 0.15) is 5.54 Å². The lowest BCUT2D eigenvalue weighted by Crippen LogP contribution is -2.54. The van der Waals surface area contributed by atoms with Crippen LogP contribution in [0.1, 0.15) is 31.2 Å². The molecule has 0 heterocycles. The molecule has 1 aliphatic carbocycles. The Morgan fingerprint density at radius 2 is 2.10 bits per heavy atom. The lowest BCUT2D eigenvalue weighted by Gasteiger charge is -2.43. The molecule has 0 aliphatic heterocycles. The number of ketones is 1. The fourth-order valence-corrected chi connectivity index (χ4v) is 3.31. The van der Waals surface area contributed by atoms with Crippen molar-refractivity contribution in [1.82, 2.24) is 4.90 Å². The molecule has 0 saturated heterocycles. The Morgan fingerprint density at radius 1 is 1.38 bits per heavy atom. The number of carbonyl (C=O) groups excluding carboxylic acids is 2. The number of halogens is 2. The van der Waals surface area contributed by atoms with E-state index in [1.165, 1.54) is 4.90 Å². The van der Waals surface area contributed by atoms with E-state index in [1.54, 1.807) is 25.2 Å². The maximum atomic E-state index is 12.7. The van der Waals surface area contributed by atoms with E-state index in [4.69, 9.17) is 27.9 Å². The van der Waals surface area contributed by atoms with Crippen LogP contribution < -0.4 is 0 Å². The first-order valence-corrected chi connectivity index (χ1v) is 7.70. The summed E-state index contributed by atoms with van der Waals surface area (Å²) in [6.45, 7) is 0. The van der Waals surface area contributed by atoms with Crippen LogP contribution in [-0.2, 0) is 15.1 Å². The normalized spacial score (nSPS) is 22.0. The first kappa shape index (κ1) is 16.1. The highest BCUT2D eigenvalue weighted by Crippen LogP contribution is 2.42. The van der Waals surface area contributed by atoms with Crippen LogP contribution in [0.3, 0.4) is 0 Å². The second-order valence-electron chi connectivity index (χ2n) is 5.05. The molecule has 1 saturated carbocycles. The summed E-state index contributed by atoms with van der Waals surface area (Å²) in [6, 6.07) is 6.86. The van der Waals surface area contributed by atoms with Crippen molar-refractivity contribution >= 4 is 35.1 Å². The minimum atomic E-state index is -1.07. The molecular formula is C15H17Cl2NO3. The Kier molecular flexibility index (Phi) is 5.12. The molecule has 0 radical (unpaired) electrons. The maximum Gasteiger partial charge on any atom is 0.411 e. The summed E-state index contributed by atoms with van der Waals surface area (Å²) in [5.74, 6) is -0.0177. The lowest BCUT2D eigenvalue weighted by atomic mass is 9.74. The van der Waals surface area contributed by atoms with E-state index in [1.807, 2.05) is 6.07 Å². The molecule has 1 aliphatic rings. The Labute approximate surface area is 134 Å². The predicted octanol–water partition coefficient (Wildman–Crippen LogP) is 3.94. The standard InChI is InChI=1S/C15H17Cl2NO3/c1-18(14(20)21-10-16)15(9-5-4-8-13(15)19)11-6-2-3-7-12(11)17/h2-3,6-7H,4-5,8-10H2,1H3. The molecule has 6 heteroatoms. The smallest absolute Gasteiger partial charge is 0.411 e. The largest absolute Gasteiger partial charge is 0.433 e. The molecule has 1 unspecified atom stereocenters. The molecule has 1 aromatic carbocycles. The van der Waals surface area contributed by atoms with Gasteiger partial charge in [-0.3, -0.25) is 9.69 Å². The predicted molar refractivity (Wildman–Crippen MR) is 81.6 cm³/mol. The Morgan fingerprint density at radius 3 is 2.71 bits per heavy atom. The van der Waals surface area contributed by atoms with Gasteiger partial charge in [0.05, 0.1) is 0 Å². The first-order chi connectivity index (χ1) is 10.0. The SMILES string of the molecule is CN(C(=O)OCCl)C1(c2ccccc2Cl)CCCCC1=O. The third-order valence-corrected chi connectivity index (χ3v) is 4.44. The summed E-state index contributed by atoms with van der Waals surface area (Å²) in [5.41, 5.74) is -0.426. The molecule has 21 heavy (non-hydrogen) atoms. The van der Waals surface area contributed by atoms with Crippen LogP contribution in [0.25, 0.3) is 0 Å². The number of benzene rings is 1. The Hall–Kier alpha value is -1.26. The van der Waals surface area contributed by atoms with Gasteiger partial charge in [-0.05, 0) is 25.3 Å². The van der Waals surface area contributed by atoms with Crippen molar-refractivity contribution in [2.75, 3.05) is 13.1 Å². The van der Waals surface area contributed by atoms with Gasteiger partial charge in [0.15, 0.2) is 11.8 Å². The summed E-state index contributed by atoms with van der Waals surface area (Å²) >= 11 is 11.7. The zero-order chi connectivity index (χ0) is 15.5. The fraction of sp³-hybridized carbons (Fsp3) is 0.467. The van der Waals surface area contributed by atoms with Gasteiger partial charge in [-0.2, -0.15) is 0 Å². The number of amides is 1. The zero-order valence-corrected chi connectivity index (χ0v) is 13.3. The highest BCUT2D eigenvalue weighted by molar-refractivity contribution is 6.31. The van der Waals surface area contributed by atoms with Gasteiger partial charge in [0.25, 0.3) is 0 Å². The number of nitrogens with zero attached hydrogens (tertiary/aromatic N) is 1. The number of hydrogen-bond donors (Lipinski definition) is 0. The van der Waals surface area contributed by atoms with Crippen LogP contribution in [0.15, 0.2) is 24.3 Å². The molecule has 1 atom stereocenters. The van der Waals surface area contributed by atoms with Crippen molar-refractivity contribution in [3.63, 3.8) is 0 Å². The van der Waals surface area contributed by atoms with E-state index >= 15 is 0 Å². The highest BCUT2D eigenvalue weighted by atomic mass is 35.5. The number of likely N-dealkylation sites (N-methyl/N-ethyl adjacent to an activating group) is 1. The molecule has 0 aromatic heterocycles. The summed E-state index contributed by atoms with van der Waals surface area (Å²) < 4.78 is 4.85. The van der Waals surface area contributed by atoms with E-state index in [2.05, 4.69) is 0 Å². The highest BCUT2D eigenvalue weighted by Gasteiger charge is 2.48. The molecule has 2 rings (SSSR count). The van der Waals surface area contributed by atoms with Crippen LogP contribution in [0, 0.1) is 0 Å². The van der Waals surface area contributed by atoms with Gasteiger partial charge >= 0.3 is 6.09 Å². The molecule has 4 nitrogen and oxygen atoms in total. The van der Waals surface area contributed by atoms with Crippen molar-refractivity contribution in [3.05, 3.63) is 34.9 Å². The minimum Gasteiger partial charge on any atom is -0.433 e. The van der Waals surface area contributed by atoms with Crippen molar-refractivity contribution in [2.24, 2.45) is 0 Å². The van der Waals surface area contributed by atoms with Gasteiger partial charge in [-0.1, -0.05) is 41.4 Å². The van der Waals surface area contributed by atoms with Crippen LogP contribution in [0.4, 0.5) is 4.79 Å². The molecule has 0 N–H and O–H groups in total. The molecule has 1 fully saturated rings. The van der Waals surface area contributed by atoms with Crippen LogP contribution >= 0.6 is 23.2 Å². The van der Waals surface area contributed by atoms with E-state index < -0.39 is 11.6 Å². The van der Waals surface area contributed by atoms with Gasteiger partial charge in [-0.25, -0.2) is 4.79 Å². The molecule has 0 spiro atoms. The Bertz CT molecular complexity index is 549. The van der Waals surface area contributed by atoms with Crippen LogP contribution in [-0.4, -0.2) is 29.9 Å². The third kappa shape index (κ3) is 2.87. The third-order valence-electron chi connectivity index (χ3n) is 4.00. The number of rotatable bonds is 3. The van der Waals surface area contributed by atoms with Crippen molar-refractivity contribution in [1.29, 1.82) is 0 Å². The van der Waals surface area contributed by atoms with E-state index in [9.17, 15) is 9.59 Å². The molecule has 114 valence electrons. The Balaban J connectivity index is 2.52. The summed E-state index contributed by atoms with van der Waals surface area (Å²) in [4.78, 5) is 26.1. The average molecular weight is 330 g/mol. The topological polar surface area (TPSA) is 46.6 Å².